The van der Waals surface area contributed by atoms with Gasteiger partial charge in [-0.15, -0.1) is 23.7 Å². The van der Waals surface area contributed by atoms with Gasteiger partial charge in [-0.05, 0) is 26.4 Å². The quantitative estimate of drug-likeness (QED) is 0.879. The minimum Gasteiger partial charge on any atom is -0.313 e. The Bertz CT molecular complexity index is 260. The van der Waals surface area contributed by atoms with Gasteiger partial charge < -0.3 is 5.32 Å². The zero-order valence-corrected chi connectivity index (χ0v) is 10.6. The van der Waals surface area contributed by atoms with Crippen molar-refractivity contribution < 1.29 is 0 Å². The smallest absolute Gasteiger partial charge is 0.0794 e. The van der Waals surface area contributed by atoms with Crippen molar-refractivity contribution in [3.8, 4) is 0 Å². The second-order valence-corrected chi connectivity index (χ2v) is 4.93. The van der Waals surface area contributed by atoms with E-state index in [9.17, 15) is 0 Å². The van der Waals surface area contributed by atoms with Crippen molar-refractivity contribution in [2.45, 2.75) is 25.4 Å². The molecule has 3 nitrogen and oxygen atoms in total. The van der Waals surface area contributed by atoms with Gasteiger partial charge in [-0.1, -0.05) is 0 Å². The Hall–Kier alpha value is -0.160. The third-order valence-corrected chi connectivity index (χ3v) is 3.37. The highest BCUT2D eigenvalue weighted by atomic mass is 35.5. The molecule has 1 unspecified atom stereocenters. The van der Waals surface area contributed by atoms with Gasteiger partial charge in [0.15, 0.2) is 0 Å². The zero-order chi connectivity index (χ0) is 9.80. The fourth-order valence-corrected chi connectivity index (χ4v) is 2.61. The van der Waals surface area contributed by atoms with Crippen LogP contribution in [0.5, 0.6) is 0 Å². The first-order valence-electron chi connectivity index (χ1n) is 5.14. The summed E-state index contributed by atoms with van der Waals surface area (Å²) in [5.41, 5.74) is 1.90. The van der Waals surface area contributed by atoms with Crippen LogP contribution in [-0.2, 0) is 6.54 Å². The fraction of sp³-hybridized carbons (Fsp3) is 0.700. The molecule has 2 rings (SSSR count). The number of hydrogen-bond donors (Lipinski definition) is 1. The van der Waals surface area contributed by atoms with Crippen LogP contribution in [0.1, 0.15) is 17.7 Å². The molecule has 0 bridgehead atoms. The molecule has 0 spiro atoms. The van der Waals surface area contributed by atoms with E-state index in [-0.39, 0.29) is 12.4 Å². The van der Waals surface area contributed by atoms with Gasteiger partial charge in [0.1, 0.15) is 0 Å². The van der Waals surface area contributed by atoms with Crippen LogP contribution in [0.15, 0.2) is 11.7 Å². The molecule has 1 N–H and O–H groups in total. The van der Waals surface area contributed by atoms with Crippen LogP contribution < -0.4 is 5.32 Å². The number of halogens is 1. The maximum atomic E-state index is 4.08. The predicted molar refractivity (Wildman–Crippen MR) is 66.7 cm³/mol. The van der Waals surface area contributed by atoms with Crippen molar-refractivity contribution in [1.82, 2.24) is 15.2 Å². The summed E-state index contributed by atoms with van der Waals surface area (Å²) < 4.78 is 0. The monoisotopic (exact) mass is 247 g/mol. The van der Waals surface area contributed by atoms with Gasteiger partial charge in [0.2, 0.25) is 0 Å². The van der Waals surface area contributed by atoms with Crippen molar-refractivity contribution in [2.24, 2.45) is 0 Å². The van der Waals surface area contributed by atoms with Crippen LogP contribution in [0.4, 0.5) is 0 Å². The van der Waals surface area contributed by atoms with Crippen LogP contribution >= 0.6 is 23.7 Å². The Morgan fingerprint density at radius 1 is 1.67 bits per heavy atom. The molecular weight excluding hydrogens is 230 g/mol. The first-order chi connectivity index (χ1) is 6.84. The number of rotatable bonds is 4. The molecule has 15 heavy (non-hydrogen) atoms. The van der Waals surface area contributed by atoms with Gasteiger partial charge in [0, 0.05) is 30.2 Å². The normalized spacial score (nSPS) is 20.5. The molecule has 1 fully saturated rings. The summed E-state index contributed by atoms with van der Waals surface area (Å²) in [7, 11) is 2.18. The van der Waals surface area contributed by atoms with Gasteiger partial charge in [-0.3, -0.25) is 9.88 Å². The van der Waals surface area contributed by atoms with E-state index in [4.69, 9.17) is 0 Å². The van der Waals surface area contributed by atoms with E-state index in [0.717, 1.165) is 13.1 Å². The van der Waals surface area contributed by atoms with Crippen LogP contribution in [0, 0.1) is 0 Å². The predicted octanol–water partition coefficient (Wildman–Crippen LogP) is 1.75. The topological polar surface area (TPSA) is 28.2 Å². The summed E-state index contributed by atoms with van der Waals surface area (Å²) in [6, 6.07) is 0.702. The Labute approximate surface area is 101 Å². The van der Waals surface area contributed by atoms with Crippen LogP contribution in [0.25, 0.3) is 0 Å². The molecule has 1 aromatic heterocycles. The van der Waals surface area contributed by atoms with Crippen molar-refractivity contribution in [2.75, 3.05) is 20.1 Å². The summed E-state index contributed by atoms with van der Waals surface area (Å²) in [6.07, 6.45) is 4.62. The van der Waals surface area contributed by atoms with Crippen molar-refractivity contribution in [3.63, 3.8) is 0 Å². The molecule has 86 valence electrons. The van der Waals surface area contributed by atoms with E-state index in [1.165, 1.54) is 24.3 Å². The highest BCUT2D eigenvalue weighted by Crippen LogP contribution is 2.11. The first-order valence-corrected chi connectivity index (χ1v) is 6.02. The average Bonchev–Trinajstić information content (AvgIpc) is 2.76. The second kappa shape index (κ2) is 6.43. The molecule has 0 saturated carbocycles. The molecule has 1 aromatic rings. The molecule has 5 heteroatoms. The van der Waals surface area contributed by atoms with Crippen LogP contribution in [-0.4, -0.2) is 36.1 Å². The first kappa shape index (κ1) is 12.9. The molecule has 0 amide bonds. The standard InChI is InChI=1S/C10H17N3S.ClH/c1-13(6-9-3-2-4-12-9)7-10-5-11-8-14-10;/h5,8-9,12H,2-4,6-7H2,1H3;1H. The van der Waals surface area contributed by atoms with E-state index < -0.39 is 0 Å². The number of aromatic nitrogens is 1. The van der Waals surface area contributed by atoms with E-state index in [1.807, 2.05) is 11.7 Å². The van der Waals surface area contributed by atoms with Crippen LogP contribution in [0.3, 0.4) is 0 Å². The number of nitrogens with one attached hydrogen (secondary N) is 1. The van der Waals surface area contributed by atoms with Gasteiger partial charge in [-0.2, -0.15) is 0 Å². The fourth-order valence-electron chi connectivity index (χ4n) is 1.94. The lowest BCUT2D eigenvalue weighted by Crippen LogP contribution is -2.34. The van der Waals surface area contributed by atoms with E-state index in [0.29, 0.717) is 6.04 Å². The lowest BCUT2D eigenvalue weighted by Gasteiger charge is -2.19. The largest absolute Gasteiger partial charge is 0.313 e. The maximum absolute atomic E-state index is 4.08. The minimum atomic E-state index is 0. The third kappa shape index (κ3) is 4.07. The van der Waals surface area contributed by atoms with Crippen molar-refractivity contribution in [3.05, 3.63) is 16.6 Å². The highest BCUT2D eigenvalue weighted by molar-refractivity contribution is 7.09. The molecule has 1 aliphatic rings. The molecule has 1 atom stereocenters. The van der Waals surface area contributed by atoms with E-state index in [2.05, 4.69) is 22.2 Å². The number of thiazole rings is 1. The summed E-state index contributed by atoms with van der Waals surface area (Å²) in [5, 5.41) is 3.51. The zero-order valence-electron chi connectivity index (χ0n) is 8.98. The molecule has 1 aliphatic heterocycles. The maximum Gasteiger partial charge on any atom is 0.0794 e. The second-order valence-electron chi connectivity index (χ2n) is 3.96. The summed E-state index contributed by atoms with van der Waals surface area (Å²) in [4.78, 5) is 7.81. The average molecular weight is 248 g/mol. The van der Waals surface area contributed by atoms with Crippen molar-refractivity contribution >= 4 is 23.7 Å². The van der Waals surface area contributed by atoms with Crippen LogP contribution in [0.2, 0.25) is 0 Å². The molecule has 2 heterocycles. The third-order valence-electron chi connectivity index (χ3n) is 2.60. The lowest BCUT2D eigenvalue weighted by molar-refractivity contribution is 0.295. The summed E-state index contributed by atoms with van der Waals surface area (Å²) in [5.74, 6) is 0. The highest BCUT2D eigenvalue weighted by Gasteiger charge is 2.15. The van der Waals surface area contributed by atoms with E-state index in [1.54, 1.807) is 11.3 Å². The minimum absolute atomic E-state index is 0. The number of hydrogen-bond acceptors (Lipinski definition) is 4. The lowest BCUT2D eigenvalue weighted by atomic mass is 10.2. The molecule has 0 aromatic carbocycles. The van der Waals surface area contributed by atoms with Gasteiger partial charge in [-0.25, -0.2) is 0 Å². The molecular formula is C10H18ClN3S. The van der Waals surface area contributed by atoms with Gasteiger partial charge in [0.25, 0.3) is 0 Å². The molecule has 0 aliphatic carbocycles. The number of likely N-dealkylation sites (N-methyl/N-ethyl adjacent to an activating group) is 1. The Kier molecular flexibility index (Phi) is 5.53. The Morgan fingerprint density at radius 3 is 3.13 bits per heavy atom. The molecule has 0 radical (unpaired) electrons. The Morgan fingerprint density at radius 2 is 2.53 bits per heavy atom. The summed E-state index contributed by atoms with van der Waals surface area (Å²) >= 11 is 1.74. The van der Waals surface area contributed by atoms with Gasteiger partial charge in [0.05, 0.1) is 5.51 Å². The van der Waals surface area contributed by atoms with Crippen molar-refractivity contribution in [1.29, 1.82) is 0 Å². The summed E-state index contributed by atoms with van der Waals surface area (Å²) in [6.45, 7) is 3.37. The molecule has 1 saturated heterocycles. The SMILES string of the molecule is CN(Cc1cncs1)CC1CCCN1.Cl. The number of nitrogens with zero attached hydrogens (tertiary/aromatic N) is 2. The van der Waals surface area contributed by atoms with E-state index >= 15 is 0 Å². The van der Waals surface area contributed by atoms with Gasteiger partial charge >= 0.3 is 0 Å². The Balaban J connectivity index is 0.00000112.